The molecule has 2 rings (SSSR count). The minimum absolute atomic E-state index is 0.294. The van der Waals surface area contributed by atoms with Gasteiger partial charge in [-0.15, -0.1) is 0 Å². The van der Waals surface area contributed by atoms with Gasteiger partial charge in [-0.1, -0.05) is 38.1 Å². The number of rotatable bonds is 4. The van der Waals surface area contributed by atoms with Crippen LogP contribution in [0.15, 0.2) is 41.2 Å². The minimum Gasteiger partial charge on any atom is -0.478 e. The molecule has 0 aliphatic rings. The number of aromatic nitrogens is 2. The van der Waals surface area contributed by atoms with Crippen LogP contribution in [0.25, 0.3) is 17.3 Å². The van der Waals surface area contributed by atoms with Crippen molar-refractivity contribution in [2.45, 2.75) is 19.8 Å². The molecule has 1 aromatic carbocycles. The largest absolute Gasteiger partial charge is 0.478 e. The van der Waals surface area contributed by atoms with E-state index in [1.54, 1.807) is 13.1 Å². The van der Waals surface area contributed by atoms with Gasteiger partial charge in [-0.2, -0.15) is 5.10 Å². The van der Waals surface area contributed by atoms with Crippen LogP contribution in [0.4, 0.5) is 0 Å². The Labute approximate surface area is 128 Å². The number of carbonyl (C=O) groups is 1. The van der Waals surface area contributed by atoms with Crippen LogP contribution in [0.2, 0.25) is 0 Å². The highest BCUT2D eigenvalue weighted by Gasteiger charge is 2.07. The molecule has 2 aromatic rings. The summed E-state index contributed by atoms with van der Waals surface area (Å²) in [5.41, 5.74) is 2.69. The lowest BCUT2D eigenvalue weighted by atomic mass is 10.0. The smallest absolute Gasteiger partial charge is 0.328 e. The fourth-order valence-electron chi connectivity index (χ4n) is 2.09. The van der Waals surface area contributed by atoms with E-state index >= 15 is 0 Å². The van der Waals surface area contributed by atoms with E-state index in [9.17, 15) is 9.59 Å². The quantitative estimate of drug-likeness (QED) is 0.881. The van der Waals surface area contributed by atoms with Gasteiger partial charge in [0, 0.05) is 24.3 Å². The first-order valence-corrected chi connectivity index (χ1v) is 6.98. The third-order valence-electron chi connectivity index (χ3n) is 3.37. The standard InChI is InChI=1S/C17H18N2O3/c1-11(2)12-4-6-13(7-5-12)15-10-14(8-9-16(20)21)17(22)19(3)18-15/h4-11H,1-3H3,(H,20,21)/b9-8+. The van der Waals surface area contributed by atoms with Crippen molar-refractivity contribution in [1.29, 1.82) is 0 Å². The van der Waals surface area contributed by atoms with Crippen molar-refractivity contribution in [3.63, 3.8) is 0 Å². The van der Waals surface area contributed by atoms with Gasteiger partial charge in [0.25, 0.3) is 5.56 Å². The Morgan fingerprint density at radius 2 is 1.91 bits per heavy atom. The zero-order valence-corrected chi connectivity index (χ0v) is 12.8. The van der Waals surface area contributed by atoms with E-state index in [2.05, 4.69) is 18.9 Å². The predicted octanol–water partition coefficient (Wildman–Crippen LogP) is 2.67. The summed E-state index contributed by atoms with van der Waals surface area (Å²) in [6.45, 7) is 4.24. The molecule has 0 aliphatic heterocycles. The van der Waals surface area contributed by atoms with Gasteiger partial charge < -0.3 is 5.11 Å². The van der Waals surface area contributed by atoms with Gasteiger partial charge in [0.1, 0.15) is 0 Å². The highest BCUT2D eigenvalue weighted by atomic mass is 16.4. The maximum Gasteiger partial charge on any atom is 0.328 e. The Hall–Kier alpha value is -2.69. The van der Waals surface area contributed by atoms with E-state index < -0.39 is 5.97 Å². The summed E-state index contributed by atoms with van der Waals surface area (Å²) in [5, 5.41) is 12.9. The summed E-state index contributed by atoms with van der Waals surface area (Å²) in [5.74, 6) is -0.655. The molecule has 0 saturated heterocycles. The molecule has 0 unspecified atom stereocenters. The summed E-state index contributed by atoms with van der Waals surface area (Å²) in [7, 11) is 1.55. The summed E-state index contributed by atoms with van der Waals surface area (Å²) < 4.78 is 1.22. The topological polar surface area (TPSA) is 72.2 Å². The first-order valence-electron chi connectivity index (χ1n) is 6.98. The Bertz CT molecular complexity index is 771. The maximum atomic E-state index is 12.0. The van der Waals surface area contributed by atoms with E-state index in [4.69, 9.17) is 5.11 Å². The number of hydrogen-bond donors (Lipinski definition) is 1. The molecular formula is C17H18N2O3. The van der Waals surface area contributed by atoms with Crippen LogP contribution >= 0.6 is 0 Å². The third-order valence-corrected chi connectivity index (χ3v) is 3.37. The molecule has 0 radical (unpaired) electrons. The molecule has 1 N–H and O–H groups in total. The van der Waals surface area contributed by atoms with E-state index in [1.165, 1.54) is 16.3 Å². The summed E-state index contributed by atoms with van der Waals surface area (Å²) >= 11 is 0. The molecule has 0 bridgehead atoms. The monoisotopic (exact) mass is 298 g/mol. The molecular weight excluding hydrogens is 280 g/mol. The Kier molecular flexibility index (Phi) is 4.56. The molecule has 0 amide bonds. The van der Waals surface area contributed by atoms with Crippen molar-refractivity contribution >= 4 is 12.0 Å². The van der Waals surface area contributed by atoms with Crippen molar-refractivity contribution in [3.8, 4) is 11.3 Å². The molecule has 5 nitrogen and oxygen atoms in total. The zero-order valence-electron chi connectivity index (χ0n) is 12.8. The van der Waals surface area contributed by atoms with Gasteiger partial charge in [-0.3, -0.25) is 4.79 Å². The van der Waals surface area contributed by atoms with Crippen LogP contribution in [-0.4, -0.2) is 20.9 Å². The number of aryl methyl sites for hydroxylation is 1. The normalized spacial score (nSPS) is 11.3. The first-order chi connectivity index (χ1) is 10.4. The molecule has 0 saturated carbocycles. The molecule has 0 atom stereocenters. The number of benzene rings is 1. The summed E-state index contributed by atoms with van der Waals surface area (Å²) in [4.78, 5) is 22.6. The van der Waals surface area contributed by atoms with Crippen LogP contribution in [0, 0.1) is 0 Å². The van der Waals surface area contributed by atoms with E-state index in [-0.39, 0.29) is 5.56 Å². The average Bonchev–Trinajstić information content (AvgIpc) is 2.48. The SMILES string of the molecule is CC(C)c1ccc(-c2cc(/C=C/C(=O)O)c(=O)n(C)n2)cc1. The highest BCUT2D eigenvalue weighted by molar-refractivity contribution is 5.85. The Morgan fingerprint density at radius 1 is 1.27 bits per heavy atom. The molecule has 22 heavy (non-hydrogen) atoms. The molecule has 0 fully saturated rings. The zero-order chi connectivity index (χ0) is 16.3. The number of carboxylic acid groups (broad SMARTS) is 1. The molecule has 0 aliphatic carbocycles. The maximum absolute atomic E-state index is 12.0. The van der Waals surface area contributed by atoms with E-state index in [1.807, 2.05) is 24.3 Å². The van der Waals surface area contributed by atoms with E-state index in [0.29, 0.717) is 17.2 Å². The van der Waals surface area contributed by atoms with Gasteiger partial charge in [0.2, 0.25) is 0 Å². The van der Waals surface area contributed by atoms with Crippen molar-refractivity contribution in [2.75, 3.05) is 0 Å². The Balaban J connectivity index is 2.47. The second kappa shape index (κ2) is 6.39. The fourth-order valence-corrected chi connectivity index (χ4v) is 2.09. The van der Waals surface area contributed by atoms with Gasteiger partial charge in [-0.05, 0) is 23.6 Å². The molecule has 1 heterocycles. The first kappa shape index (κ1) is 15.7. The van der Waals surface area contributed by atoms with Crippen molar-refractivity contribution < 1.29 is 9.90 Å². The van der Waals surface area contributed by atoms with Crippen LogP contribution in [0.1, 0.15) is 30.9 Å². The van der Waals surface area contributed by atoms with Crippen LogP contribution in [0.5, 0.6) is 0 Å². The van der Waals surface area contributed by atoms with Gasteiger partial charge >= 0.3 is 5.97 Å². The highest BCUT2D eigenvalue weighted by Crippen LogP contribution is 2.21. The summed E-state index contributed by atoms with van der Waals surface area (Å²) in [6.07, 6.45) is 2.24. The molecule has 5 heteroatoms. The predicted molar refractivity (Wildman–Crippen MR) is 85.7 cm³/mol. The lowest BCUT2D eigenvalue weighted by Gasteiger charge is -2.08. The van der Waals surface area contributed by atoms with Gasteiger partial charge in [0.15, 0.2) is 0 Å². The van der Waals surface area contributed by atoms with Crippen LogP contribution in [0.3, 0.4) is 0 Å². The average molecular weight is 298 g/mol. The second-order valence-electron chi connectivity index (χ2n) is 5.36. The molecule has 114 valence electrons. The number of nitrogens with zero attached hydrogens (tertiary/aromatic N) is 2. The van der Waals surface area contributed by atoms with Gasteiger partial charge in [0.05, 0.1) is 5.69 Å². The third kappa shape index (κ3) is 3.49. The summed E-state index contributed by atoms with van der Waals surface area (Å²) in [6, 6.07) is 9.56. The molecule has 1 aromatic heterocycles. The fraction of sp³-hybridized carbons (Fsp3) is 0.235. The lowest BCUT2D eigenvalue weighted by molar-refractivity contribution is -0.131. The van der Waals surface area contributed by atoms with E-state index in [0.717, 1.165) is 11.6 Å². The van der Waals surface area contributed by atoms with Crippen LogP contribution < -0.4 is 5.56 Å². The minimum atomic E-state index is -1.10. The van der Waals surface area contributed by atoms with Crippen LogP contribution in [-0.2, 0) is 11.8 Å². The van der Waals surface area contributed by atoms with Crippen molar-refractivity contribution in [3.05, 3.63) is 57.9 Å². The van der Waals surface area contributed by atoms with Crippen molar-refractivity contribution in [2.24, 2.45) is 7.05 Å². The lowest BCUT2D eigenvalue weighted by Crippen LogP contribution is -2.22. The number of carboxylic acids is 1. The van der Waals surface area contributed by atoms with Gasteiger partial charge in [-0.25, -0.2) is 9.48 Å². The number of aliphatic carboxylic acids is 1. The number of hydrogen-bond acceptors (Lipinski definition) is 3. The second-order valence-corrected chi connectivity index (χ2v) is 5.36. The van der Waals surface area contributed by atoms with Crippen molar-refractivity contribution in [1.82, 2.24) is 9.78 Å². The molecule has 0 spiro atoms. The Morgan fingerprint density at radius 3 is 2.45 bits per heavy atom.